The van der Waals surface area contributed by atoms with Gasteiger partial charge >= 0.3 is 0 Å². The highest BCUT2D eigenvalue weighted by atomic mass is 79.9. The van der Waals surface area contributed by atoms with Gasteiger partial charge < -0.3 is 9.15 Å². The first-order valence-corrected chi connectivity index (χ1v) is 12.8. The molecule has 2 aromatic carbocycles. The van der Waals surface area contributed by atoms with Crippen molar-refractivity contribution < 1.29 is 9.15 Å². The zero-order chi connectivity index (χ0) is 23.5. The van der Waals surface area contributed by atoms with Crippen molar-refractivity contribution in [3.05, 3.63) is 86.6 Å². The monoisotopic (exact) mass is 555 g/mol. The molecule has 0 N–H and O–H groups in total. The number of halogens is 2. The molecule has 0 bridgehead atoms. The van der Waals surface area contributed by atoms with Crippen LogP contribution in [-0.2, 0) is 0 Å². The second kappa shape index (κ2) is 10.2. The molecule has 0 fully saturated rings. The second-order valence-electron chi connectivity index (χ2n) is 7.53. The SMILES string of the molecule is O=c1c(OCCCCSc2nnc3c(Cl)cccn23)c(-c2ccc(Br)cc2)oc2ccccc12. The summed E-state index contributed by atoms with van der Waals surface area (Å²) in [5, 5.41) is 10.2. The van der Waals surface area contributed by atoms with Crippen molar-refractivity contribution >= 4 is 55.9 Å². The lowest BCUT2D eigenvalue weighted by atomic mass is 10.1. The largest absolute Gasteiger partial charge is 0.486 e. The number of ether oxygens (including phenoxy) is 1. The third-order valence-electron chi connectivity index (χ3n) is 5.23. The van der Waals surface area contributed by atoms with E-state index in [1.54, 1.807) is 30.0 Å². The highest BCUT2D eigenvalue weighted by molar-refractivity contribution is 9.10. The Labute approximate surface area is 213 Å². The van der Waals surface area contributed by atoms with Gasteiger partial charge in [0.25, 0.3) is 0 Å². The standard InChI is InChI=1S/C25H19BrClN3O3S/c26-17-11-9-16(10-12-17)22-23(21(31)18-6-1-2-8-20(18)33-22)32-14-3-4-15-34-25-29-28-24-19(27)7-5-13-30(24)25/h1-2,5-13H,3-4,14-15H2. The van der Waals surface area contributed by atoms with E-state index in [1.807, 2.05) is 53.1 Å². The first-order chi connectivity index (χ1) is 16.6. The van der Waals surface area contributed by atoms with Crippen LogP contribution in [0.15, 0.2) is 85.7 Å². The molecule has 0 aliphatic heterocycles. The van der Waals surface area contributed by atoms with Crippen molar-refractivity contribution in [2.24, 2.45) is 0 Å². The Balaban J connectivity index is 1.27. The first-order valence-electron chi connectivity index (χ1n) is 10.7. The predicted molar refractivity (Wildman–Crippen MR) is 139 cm³/mol. The van der Waals surface area contributed by atoms with Gasteiger partial charge in [-0.05, 0) is 61.4 Å². The van der Waals surface area contributed by atoms with Gasteiger partial charge in [-0.3, -0.25) is 9.20 Å². The van der Waals surface area contributed by atoms with Crippen LogP contribution < -0.4 is 10.2 Å². The number of thioether (sulfide) groups is 1. The van der Waals surface area contributed by atoms with Gasteiger partial charge in [-0.15, -0.1) is 10.2 Å². The van der Waals surface area contributed by atoms with Crippen LogP contribution in [0.3, 0.4) is 0 Å². The maximum Gasteiger partial charge on any atom is 0.235 e. The molecule has 0 atom stereocenters. The van der Waals surface area contributed by atoms with Crippen LogP contribution in [0.2, 0.25) is 5.02 Å². The zero-order valence-electron chi connectivity index (χ0n) is 17.9. The van der Waals surface area contributed by atoms with E-state index in [-0.39, 0.29) is 11.2 Å². The Morgan fingerprint density at radius 2 is 1.85 bits per heavy atom. The maximum atomic E-state index is 13.2. The van der Waals surface area contributed by atoms with E-state index in [0.29, 0.717) is 34.0 Å². The molecule has 34 heavy (non-hydrogen) atoms. The van der Waals surface area contributed by atoms with Crippen LogP contribution in [0, 0.1) is 0 Å². The molecule has 0 radical (unpaired) electrons. The van der Waals surface area contributed by atoms with Crippen molar-refractivity contribution in [3.8, 4) is 17.1 Å². The van der Waals surface area contributed by atoms with Crippen LogP contribution >= 0.6 is 39.3 Å². The summed E-state index contributed by atoms with van der Waals surface area (Å²) in [4.78, 5) is 13.2. The number of aromatic nitrogens is 3. The molecular weight excluding hydrogens is 538 g/mol. The molecule has 9 heteroatoms. The van der Waals surface area contributed by atoms with Gasteiger partial charge in [-0.25, -0.2) is 0 Å². The smallest absolute Gasteiger partial charge is 0.235 e. The average molecular weight is 557 g/mol. The van der Waals surface area contributed by atoms with Gasteiger partial charge in [-0.1, -0.05) is 51.4 Å². The van der Waals surface area contributed by atoms with E-state index in [9.17, 15) is 4.79 Å². The minimum absolute atomic E-state index is 0.166. The number of pyridine rings is 1. The molecule has 0 spiro atoms. The normalized spacial score (nSPS) is 11.4. The number of nitrogens with zero attached hydrogens (tertiary/aromatic N) is 3. The highest BCUT2D eigenvalue weighted by Crippen LogP contribution is 2.32. The summed E-state index contributed by atoms with van der Waals surface area (Å²) in [5.41, 5.74) is 1.81. The van der Waals surface area contributed by atoms with E-state index in [1.165, 1.54) is 0 Å². The van der Waals surface area contributed by atoms with Gasteiger partial charge in [0.2, 0.25) is 11.2 Å². The zero-order valence-corrected chi connectivity index (χ0v) is 21.1. The fourth-order valence-corrected chi connectivity index (χ4v) is 4.93. The van der Waals surface area contributed by atoms with Crippen LogP contribution in [-0.4, -0.2) is 27.0 Å². The number of unbranched alkanes of at least 4 members (excludes halogenated alkanes) is 1. The number of para-hydroxylation sites is 1. The third kappa shape index (κ3) is 4.71. The first kappa shape index (κ1) is 23.0. The molecular formula is C25H19BrClN3O3S. The Hall–Kier alpha value is -2.81. The molecule has 3 aromatic heterocycles. The van der Waals surface area contributed by atoms with Crippen LogP contribution in [0.4, 0.5) is 0 Å². The Kier molecular flexibility index (Phi) is 6.89. The summed E-state index contributed by atoms with van der Waals surface area (Å²) in [6.45, 7) is 0.402. The summed E-state index contributed by atoms with van der Waals surface area (Å²) < 4.78 is 14.9. The fraction of sp³-hybridized carbons (Fsp3) is 0.160. The van der Waals surface area contributed by atoms with Crippen molar-refractivity contribution in [2.75, 3.05) is 12.4 Å². The van der Waals surface area contributed by atoms with Crippen LogP contribution in [0.25, 0.3) is 27.9 Å². The molecule has 5 rings (SSSR count). The molecule has 5 aromatic rings. The van der Waals surface area contributed by atoms with E-state index in [4.69, 9.17) is 20.8 Å². The lowest BCUT2D eigenvalue weighted by Gasteiger charge is -2.12. The van der Waals surface area contributed by atoms with E-state index in [0.717, 1.165) is 33.8 Å². The van der Waals surface area contributed by atoms with Gasteiger partial charge in [0.05, 0.1) is 17.0 Å². The van der Waals surface area contributed by atoms with Gasteiger partial charge in [0.15, 0.2) is 16.6 Å². The van der Waals surface area contributed by atoms with Crippen molar-refractivity contribution in [1.82, 2.24) is 14.6 Å². The molecule has 0 aliphatic rings. The fourth-order valence-electron chi connectivity index (χ4n) is 3.55. The molecule has 3 heterocycles. The summed E-state index contributed by atoms with van der Waals surface area (Å²) in [7, 11) is 0. The minimum atomic E-state index is -0.166. The molecule has 0 saturated carbocycles. The number of hydrogen-bond donors (Lipinski definition) is 0. The summed E-state index contributed by atoms with van der Waals surface area (Å²) in [6.07, 6.45) is 3.55. The third-order valence-corrected chi connectivity index (χ3v) is 7.09. The summed E-state index contributed by atoms with van der Waals surface area (Å²) >= 11 is 11.2. The molecule has 6 nitrogen and oxygen atoms in total. The quantitative estimate of drug-likeness (QED) is 0.153. The average Bonchev–Trinajstić information content (AvgIpc) is 3.27. The summed E-state index contributed by atoms with van der Waals surface area (Å²) in [6, 6.07) is 18.5. The second-order valence-corrected chi connectivity index (χ2v) is 9.91. The van der Waals surface area contributed by atoms with Crippen LogP contribution in [0.5, 0.6) is 5.75 Å². The van der Waals surface area contributed by atoms with Crippen molar-refractivity contribution in [1.29, 1.82) is 0 Å². The van der Waals surface area contributed by atoms with Gasteiger partial charge in [-0.2, -0.15) is 0 Å². The minimum Gasteiger partial charge on any atom is -0.486 e. The molecule has 0 aliphatic carbocycles. The lowest BCUT2D eigenvalue weighted by Crippen LogP contribution is -2.11. The molecule has 0 saturated heterocycles. The van der Waals surface area contributed by atoms with E-state index >= 15 is 0 Å². The van der Waals surface area contributed by atoms with Gasteiger partial charge in [0, 0.05) is 22.0 Å². The lowest BCUT2D eigenvalue weighted by molar-refractivity contribution is 0.302. The molecule has 0 unspecified atom stereocenters. The van der Waals surface area contributed by atoms with Gasteiger partial charge in [0.1, 0.15) is 5.58 Å². The van der Waals surface area contributed by atoms with Crippen molar-refractivity contribution in [3.63, 3.8) is 0 Å². The summed E-state index contributed by atoms with van der Waals surface area (Å²) in [5.74, 6) is 1.52. The van der Waals surface area contributed by atoms with E-state index < -0.39 is 0 Å². The highest BCUT2D eigenvalue weighted by Gasteiger charge is 2.17. The Morgan fingerprint density at radius 1 is 1.03 bits per heavy atom. The Morgan fingerprint density at radius 3 is 2.71 bits per heavy atom. The number of rotatable bonds is 8. The molecule has 0 amide bonds. The van der Waals surface area contributed by atoms with Crippen LogP contribution in [0.1, 0.15) is 12.8 Å². The van der Waals surface area contributed by atoms with E-state index in [2.05, 4.69) is 26.1 Å². The van der Waals surface area contributed by atoms with Crippen molar-refractivity contribution in [2.45, 2.75) is 18.0 Å². The maximum absolute atomic E-state index is 13.2. The predicted octanol–water partition coefficient (Wildman–Crippen LogP) is 6.87. The number of fused-ring (bicyclic) bond motifs is 2. The topological polar surface area (TPSA) is 69.6 Å². The molecule has 172 valence electrons. The Bertz CT molecular complexity index is 1520. The number of hydrogen-bond acceptors (Lipinski definition) is 6. The number of benzene rings is 2.